The van der Waals surface area contributed by atoms with Gasteiger partial charge in [0.15, 0.2) is 5.82 Å². The molecule has 10 heteroatoms. The second-order valence-corrected chi connectivity index (χ2v) is 10.8. The first-order valence-corrected chi connectivity index (χ1v) is 14.7. The number of fused-ring (bicyclic) bond motifs is 1. The van der Waals surface area contributed by atoms with Crippen LogP contribution in [0.5, 0.6) is 5.75 Å². The van der Waals surface area contributed by atoms with Crippen LogP contribution in [0.2, 0.25) is 0 Å². The van der Waals surface area contributed by atoms with Crippen LogP contribution >= 0.6 is 0 Å². The quantitative estimate of drug-likeness (QED) is 0.206. The average molecular weight is 599 g/mol. The molecule has 0 bridgehead atoms. The summed E-state index contributed by atoms with van der Waals surface area (Å²) in [6.07, 6.45) is 8.65. The smallest absolute Gasteiger partial charge is 0.287 e. The molecule has 44 heavy (non-hydrogen) atoms. The number of aryl methyl sites for hydroxylation is 1. The second kappa shape index (κ2) is 14.2. The Bertz CT molecular complexity index is 1640. The maximum Gasteiger partial charge on any atom is 0.287 e. The van der Waals surface area contributed by atoms with Crippen molar-refractivity contribution in [2.24, 2.45) is 0 Å². The molecule has 0 saturated carbocycles. The number of halogens is 2. The third kappa shape index (κ3) is 7.82. The molecule has 228 valence electrons. The van der Waals surface area contributed by atoms with E-state index in [9.17, 15) is 13.6 Å². The molecule has 1 aliphatic rings. The van der Waals surface area contributed by atoms with Crippen molar-refractivity contribution in [2.75, 3.05) is 31.6 Å². The number of piperidine rings is 1. The van der Waals surface area contributed by atoms with Gasteiger partial charge in [-0.2, -0.15) is 13.9 Å². The van der Waals surface area contributed by atoms with Crippen molar-refractivity contribution in [3.05, 3.63) is 108 Å². The highest BCUT2D eigenvalue weighted by molar-refractivity contribution is 6.10. The Hall–Kier alpha value is -4.70. The Labute approximate surface area is 255 Å². The molecule has 1 amide bonds. The number of hydrogen-bond acceptors (Lipinski definition) is 6. The van der Waals surface area contributed by atoms with Crippen molar-refractivity contribution >= 4 is 22.4 Å². The Morgan fingerprint density at radius 3 is 2.34 bits per heavy atom. The van der Waals surface area contributed by atoms with Gasteiger partial charge >= 0.3 is 0 Å². The molecule has 4 heterocycles. The minimum atomic E-state index is -3.08. The van der Waals surface area contributed by atoms with Gasteiger partial charge in [-0.1, -0.05) is 36.8 Å². The fourth-order valence-corrected chi connectivity index (χ4v) is 5.11. The Morgan fingerprint density at radius 2 is 1.70 bits per heavy atom. The maximum absolute atomic E-state index is 14.0. The lowest BCUT2D eigenvalue weighted by Crippen LogP contribution is -2.33. The van der Waals surface area contributed by atoms with Gasteiger partial charge in [0.2, 0.25) is 0 Å². The number of amides is 1. The van der Waals surface area contributed by atoms with Crippen molar-refractivity contribution in [3.8, 4) is 11.6 Å². The molecule has 0 radical (unpaired) electrons. The van der Waals surface area contributed by atoms with Crippen LogP contribution in [0, 0.1) is 6.92 Å². The minimum absolute atomic E-state index is 0.211. The molecular formula is C34H36F2N6O2. The molecule has 1 aliphatic heterocycles. The monoisotopic (exact) mass is 598 g/mol. The zero-order valence-electron chi connectivity index (χ0n) is 24.9. The molecule has 0 spiro atoms. The number of carbonyl (C=O) groups excluding carboxylic acids is 1. The Balaban J connectivity index is 0.000000573. The molecule has 0 aliphatic carbocycles. The lowest BCUT2D eigenvalue weighted by Gasteiger charge is -2.26. The summed E-state index contributed by atoms with van der Waals surface area (Å²) < 4.78 is 35.3. The highest BCUT2D eigenvalue weighted by atomic mass is 19.3. The van der Waals surface area contributed by atoms with Crippen molar-refractivity contribution in [2.45, 2.75) is 39.0 Å². The van der Waals surface area contributed by atoms with Crippen molar-refractivity contribution < 1.29 is 18.3 Å². The molecule has 1 fully saturated rings. The van der Waals surface area contributed by atoms with Gasteiger partial charge in [0.25, 0.3) is 11.8 Å². The minimum Gasteiger partial charge on any atom is -0.492 e. The molecular weight excluding hydrogens is 562 g/mol. The third-order valence-corrected chi connectivity index (χ3v) is 7.32. The van der Waals surface area contributed by atoms with Crippen molar-refractivity contribution in [1.82, 2.24) is 24.6 Å². The van der Waals surface area contributed by atoms with Gasteiger partial charge in [0, 0.05) is 48.5 Å². The molecule has 0 unspecified atom stereocenters. The standard InChI is InChI=1S/C29H31F2N5O2.C5H5N/c1-20-18-26(29(2,30)31)36(34-20)27-13-10-21(19-32-27)28(37)33-24-11-12-25(23-9-5-4-8-22(23)24)38-17-16-35-14-6-3-7-15-35;1-2-4-6-5-3-1/h4-5,8-13,18-19H,3,6-7,14-17H2,1-2H3,(H,33,37);1-5H. The van der Waals surface area contributed by atoms with E-state index in [1.165, 1.54) is 37.6 Å². The number of alkyl halides is 2. The van der Waals surface area contributed by atoms with Gasteiger partial charge in [-0.3, -0.25) is 14.7 Å². The third-order valence-electron chi connectivity index (χ3n) is 7.32. The first-order chi connectivity index (χ1) is 21.3. The van der Waals surface area contributed by atoms with E-state index in [1.54, 1.807) is 25.4 Å². The first kappa shape index (κ1) is 30.7. The Kier molecular flexibility index (Phi) is 9.91. The van der Waals surface area contributed by atoms with Crippen LogP contribution in [0.3, 0.4) is 0 Å². The van der Waals surface area contributed by atoms with Crippen LogP contribution in [-0.2, 0) is 5.92 Å². The maximum atomic E-state index is 14.0. The number of carbonyl (C=O) groups is 1. The summed E-state index contributed by atoms with van der Waals surface area (Å²) in [4.78, 5) is 23.5. The lowest BCUT2D eigenvalue weighted by atomic mass is 10.1. The van der Waals surface area contributed by atoms with Crippen molar-refractivity contribution in [1.29, 1.82) is 0 Å². The van der Waals surface area contributed by atoms with E-state index in [4.69, 9.17) is 4.74 Å². The number of nitrogens with zero attached hydrogens (tertiary/aromatic N) is 5. The number of nitrogens with one attached hydrogen (secondary N) is 1. The summed E-state index contributed by atoms with van der Waals surface area (Å²) in [5.74, 6) is -2.45. The number of ether oxygens (including phenoxy) is 1. The predicted molar refractivity (Wildman–Crippen MR) is 168 cm³/mol. The molecule has 1 N–H and O–H groups in total. The van der Waals surface area contributed by atoms with Gasteiger partial charge in [0.1, 0.15) is 18.1 Å². The van der Waals surface area contributed by atoms with Gasteiger partial charge < -0.3 is 10.1 Å². The van der Waals surface area contributed by atoms with Gasteiger partial charge in [-0.05, 0) is 75.3 Å². The fraction of sp³-hybridized carbons (Fsp3) is 0.294. The fourth-order valence-electron chi connectivity index (χ4n) is 5.11. The molecule has 6 rings (SSSR count). The second-order valence-electron chi connectivity index (χ2n) is 10.8. The number of rotatable bonds is 8. The number of pyridine rings is 2. The zero-order valence-corrected chi connectivity index (χ0v) is 24.9. The predicted octanol–water partition coefficient (Wildman–Crippen LogP) is 7.04. The number of benzene rings is 2. The van der Waals surface area contributed by atoms with Crippen molar-refractivity contribution in [3.63, 3.8) is 0 Å². The Morgan fingerprint density at radius 1 is 0.955 bits per heavy atom. The SMILES string of the molecule is Cc1cc(C(C)(F)F)n(-c2ccc(C(=O)Nc3ccc(OCCN4CCCCC4)c4ccccc34)cn2)n1.c1ccncc1. The molecule has 2 aromatic carbocycles. The van der Waals surface area contributed by atoms with E-state index >= 15 is 0 Å². The van der Waals surface area contributed by atoms with Gasteiger partial charge in [0.05, 0.1) is 11.3 Å². The molecule has 0 atom stereocenters. The van der Waals surface area contributed by atoms with Crippen LogP contribution in [-0.4, -0.2) is 56.8 Å². The molecule has 1 saturated heterocycles. The van der Waals surface area contributed by atoms with E-state index in [0.717, 1.165) is 47.8 Å². The highest BCUT2D eigenvalue weighted by Gasteiger charge is 2.30. The average Bonchev–Trinajstić information content (AvgIpc) is 3.46. The van der Waals surface area contributed by atoms with E-state index in [-0.39, 0.29) is 17.4 Å². The van der Waals surface area contributed by atoms with E-state index in [2.05, 4.69) is 25.3 Å². The van der Waals surface area contributed by atoms with E-state index in [1.807, 2.05) is 54.6 Å². The molecule has 5 aromatic rings. The topological polar surface area (TPSA) is 85.2 Å². The number of hydrogen-bond donors (Lipinski definition) is 1. The number of likely N-dealkylation sites (tertiary alicyclic amines) is 1. The number of aromatic nitrogens is 4. The summed E-state index contributed by atoms with van der Waals surface area (Å²) in [6, 6.07) is 21.6. The first-order valence-electron chi connectivity index (χ1n) is 14.7. The summed E-state index contributed by atoms with van der Waals surface area (Å²) in [6.45, 7) is 6.21. The van der Waals surface area contributed by atoms with E-state index in [0.29, 0.717) is 23.6 Å². The summed E-state index contributed by atoms with van der Waals surface area (Å²) in [5, 5.41) is 8.87. The largest absolute Gasteiger partial charge is 0.492 e. The highest BCUT2D eigenvalue weighted by Crippen LogP contribution is 2.32. The van der Waals surface area contributed by atoms with E-state index < -0.39 is 5.92 Å². The van der Waals surface area contributed by atoms with Crippen LogP contribution in [0.15, 0.2) is 91.4 Å². The van der Waals surface area contributed by atoms with Gasteiger partial charge in [-0.15, -0.1) is 0 Å². The van der Waals surface area contributed by atoms with Crippen LogP contribution < -0.4 is 10.1 Å². The summed E-state index contributed by atoms with van der Waals surface area (Å²) in [7, 11) is 0. The lowest BCUT2D eigenvalue weighted by molar-refractivity contribution is 0.0101. The summed E-state index contributed by atoms with van der Waals surface area (Å²) in [5.41, 5.74) is 1.14. The van der Waals surface area contributed by atoms with Crippen LogP contribution in [0.25, 0.3) is 16.6 Å². The molecule has 8 nitrogen and oxygen atoms in total. The normalized spacial score (nSPS) is 13.6. The number of anilines is 1. The van der Waals surface area contributed by atoms with Crippen LogP contribution in [0.4, 0.5) is 14.5 Å². The zero-order chi connectivity index (χ0) is 30.9. The molecule has 3 aromatic heterocycles. The summed E-state index contributed by atoms with van der Waals surface area (Å²) >= 11 is 0. The van der Waals surface area contributed by atoms with Gasteiger partial charge in [-0.25, -0.2) is 9.67 Å². The van der Waals surface area contributed by atoms with Crippen LogP contribution in [0.1, 0.15) is 47.9 Å².